The third-order valence-corrected chi connectivity index (χ3v) is 4.97. The van der Waals surface area contributed by atoms with Gasteiger partial charge < -0.3 is 10.2 Å². The van der Waals surface area contributed by atoms with Crippen molar-refractivity contribution < 1.29 is 10.2 Å². The molecule has 4 nitrogen and oxygen atoms in total. The van der Waals surface area contributed by atoms with E-state index in [1.54, 1.807) is 12.1 Å². The number of aliphatic hydroxyl groups excluding tert-OH is 1. The molecule has 0 amide bonds. The highest BCUT2D eigenvalue weighted by molar-refractivity contribution is 5.96. The van der Waals surface area contributed by atoms with Crippen LogP contribution in [0, 0.1) is 0 Å². The standard InChI is InChI=1S/C21H22N2O2/c24-18-5-3-16(4-6-18)21-13-22-12-17-2-1-15(11-20(17)21)14-23-9-7-19(25)8-10-23/h1-6,11-13,19,24-25H,7-10,14H2. The fourth-order valence-corrected chi connectivity index (χ4v) is 3.52. The minimum atomic E-state index is -0.139. The lowest BCUT2D eigenvalue weighted by Crippen LogP contribution is -2.35. The molecule has 2 heterocycles. The Hall–Kier alpha value is -2.43. The lowest BCUT2D eigenvalue weighted by atomic mass is 9.98. The minimum Gasteiger partial charge on any atom is -0.508 e. The minimum absolute atomic E-state index is 0.139. The maximum atomic E-state index is 9.66. The first-order valence-corrected chi connectivity index (χ1v) is 8.75. The van der Waals surface area contributed by atoms with E-state index in [2.05, 4.69) is 28.1 Å². The normalized spacial score (nSPS) is 16.4. The summed E-state index contributed by atoms with van der Waals surface area (Å²) in [5.41, 5.74) is 3.40. The topological polar surface area (TPSA) is 56.6 Å². The second kappa shape index (κ2) is 6.82. The van der Waals surface area contributed by atoms with E-state index in [4.69, 9.17) is 0 Å². The second-order valence-electron chi connectivity index (χ2n) is 6.80. The van der Waals surface area contributed by atoms with Crippen LogP contribution in [0.15, 0.2) is 54.9 Å². The van der Waals surface area contributed by atoms with Gasteiger partial charge in [0.05, 0.1) is 6.10 Å². The van der Waals surface area contributed by atoms with Crippen molar-refractivity contribution >= 4 is 10.8 Å². The Balaban J connectivity index is 1.67. The molecule has 1 aromatic heterocycles. The number of phenols is 1. The Kier molecular flexibility index (Phi) is 4.38. The smallest absolute Gasteiger partial charge is 0.115 e. The number of aromatic hydroxyl groups is 1. The molecule has 25 heavy (non-hydrogen) atoms. The fourth-order valence-electron chi connectivity index (χ4n) is 3.52. The van der Waals surface area contributed by atoms with Gasteiger partial charge in [0.15, 0.2) is 0 Å². The van der Waals surface area contributed by atoms with Gasteiger partial charge in [0, 0.05) is 43.0 Å². The average Bonchev–Trinajstić information content (AvgIpc) is 2.64. The fraction of sp³-hybridized carbons (Fsp3) is 0.286. The number of piperidine rings is 1. The van der Waals surface area contributed by atoms with Crippen LogP contribution >= 0.6 is 0 Å². The Morgan fingerprint density at radius 3 is 2.52 bits per heavy atom. The molecule has 0 spiro atoms. The molecule has 2 aromatic carbocycles. The summed E-state index contributed by atoms with van der Waals surface area (Å²) >= 11 is 0. The van der Waals surface area contributed by atoms with E-state index in [9.17, 15) is 10.2 Å². The molecule has 3 aromatic rings. The van der Waals surface area contributed by atoms with Crippen molar-refractivity contribution in [3.8, 4) is 16.9 Å². The van der Waals surface area contributed by atoms with Crippen LogP contribution in [0.25, 0.3) is 21.9 Å². The molecule has 4 rings (SSSR count). The third-order valence-electron chi connectivity index (χ3n) is 4.97. The van der Waals surface area contributed by atoms with Crippen LogP contribution < -0.4 is 0 Å². The molecular formula is C21H22N2O2. The number of likely N-dealkylation sites (tertiary alicyclic amines) is 1. The van der Waals surface area contributed by atoms with Gasteiger partial charge in [-0.2, -0.15) is 0 Å². The van der Waals surface area contributed by atoms with Crippen molar-refractivity contribution in [3.63, 3.8) is 0 Å². The van der Waals surface area contributed by atoms with Crippen LogP contribution in [0.2, 0.25) is 0 Å². The highest BCUT2D eigenvalue weighted by Gasteiger charge is 2.17. The van der Waals surface area contributed by atoms with E-state index >= 15 is 0 Å². The van der Waals surface area contributed by atoms with Gasteiger partial charge in [-0.1, -0.05) is 24.3 Å². The summed E-state index contributed by atoms with van der Waals surface area (Å²) in [6.45, 7) is 2.79. The number of pyridine rings is 1. The highest BCUT2D eigenvalue weighted by atomic mass is 16.3. The Bertz CT molecular complexity index is 869. The highest BCUT2D eigenvalue weighted by Crippen LogP contribution is 2.30. The van der Waals surface area contributed by atoms with Gasteiger partial charge in [0.2, 0.25) is 0 Å². The molecule has 0 bridgehead atoms. The Morgan fingerprint density at radius 2 is 1.76 bits per heavy atom. The van der Waals surface area contributed by atoms with Gasteiger partial charge >= 0.3 is 0 Å². The van der Waals surface area contributed by atoms with Gasteiger partial charge in [0.1, 0.15) is 5.75 Å². The molecule has 1 fully saturated rings. The summed E-state index contributed by atoms with van der Waals surface area (Å²) in [4.78, 5) is 6.76. The molecule has 0 saturated carbocycles. The van der Waals surface area contributed by atoms with Crippen molar-refractivity contribution in [2.45, 2.75) is 25.5 Å². The molecule has 1 aliphatic rings. The summed E-state index contributed by atoms with van der Waals surface area (Å²) in [6, 6.07) is 13.8. The van der Waals surface area contributed by atoms with Crippen LogP contribution in [0.4, 0.5) is 0 Å². The number of nitrogens with zero attached hydrogens (tertiary/aromatic N) is 2. The van der Waals surface area contributed by atoms with Gasteiger partial charge in [-0.05, 0) is 47.6 Å². The third kappa shape index (κ3) is 3.50. The monoisotopic (exact) mass is 334 g/mol. The zero-order chi connectivity index (χ0) is 17.2. The van der Waals surface area contributed by atoms with Crippen molar-refractivity contribution in [2.24, 2.45) is 0 Å². The van der Waals surface area contributed by atoms with E-state index in [0.717, 1.165) is 49.0 Å². The van der Waals surface area contributed by atoms with Gasteiger partial charge in [-0.3, -0.25) is 9.88 Å². The molecule has 0 aliphatic carbocycles. The average molecular weight is 334 g/mol. The SMILES string of the molecule is Oc1ccc(-c2cncc3ccc(CN4CCC(O)CC4)cc23)cc1. The van der Waals surface area contributed by atoms with Crippen molar-refractivity contribution in [2.75, 3.05) is 13.1 Å². The molecule has 128 valence electrons. The van der Waals surface area contributed by atoms with Crippen LogP contribution in [0.5, 0.6) is 5.75 Å². The first-order chi connectivity index (χ1) is 12.2. The van der Waals surface area contributed by atoms with E-state index in [1.165, 1.54) is 10.9 Å². The number of aliphatic hydroxyl groups is 1. The number of benzene rings is 2. The van der Waals surface area contributed by atoms with Crippen LogP contribution in [-0.4, -0.2) is 39.3 Å². The van der Waals surface area contributed by atoms with Gasteiger partial charge in [-0.15, -0.1) is 0 Å². The van der Waals surface area contributed by atoms with E-state index in [0.29, 0.717) is 0 Å². The summed E-state index contributed by atoms with van der Waals surface area (Å²) < 4.78 is 0. The van der Waals surface area contributed by atoms with Crippen LogP contribution in [-0.2, 0) is 6.54 Å². The molecular weight excluding hydrogens is 312 g/mol. The largest absolute Gasteiger partial charge is 0.508 e. The number of aromatic nitrogens is 1. The lowest BCUT2D eigenvalue weighted by Gasteiger charge is -2.29. The van der Waals surface area contributed by atoms with Crippen LogP contribution in [0.3, 0.4) is 0 Å². The summed E-state index contributed by atoms with van der Waals surface area (Å²) in [5, 5.41) is 21.5. The molecule has 1 aliphatic heterocycles. The predicted octanol–water partition coefficient (Wildman–Crippen LogP) is 3.56. The Morgan fingerprint density at radius 1 is 1.00 bits per heavy atom. The molecule has 1 saturated heterocycles. The lowest BCUT2D eigenvalue weighted by molar-refractivity contribution is 0.0792. The van der Waals surface area contributed by atoms with Gasteiger partial charge in [0.25, 0.3) is 0 Å². The number of phenolic OH excluding ortho intramolecular Hbond substituents is 1. The quantitative estimate of drug-likeness (QED) is 0.769. The van der Waals surface area contributed by atoms with Crippen molar-refractivity contribution in [3.05, 3.63) is 60.4 Å². The zero-order valence-electron chi connectivity index (χ0n) is 14.1. The van der Waals surface area contributed by atoms with Crippen molar-refractivity contribution in [1.82, 2.24) is 9.88 Å². The molecule has 0 atom stereocenters. The molecule has 0 radical (unpaired) electrons. The molecule has 2 N–H and O–H groups in total. The summed E-state index contributed by atoms with van der Waals surface area (Å²) in [5.74, 6) is 0.268. The summed E-state index contributed by atoms with van der Waals surface area (Å²) in [6.07, 6.45) is 5.35. The molecule has 4 heteroatoms. The first-order valence-electron chi connectivity index (χ1n) is 8.75. The maximum absolute atomic E-state index is 9.66. The number of hydrogen-bond acceptors (Lipinski definition) is 4. The van der Waals surface area contributed by atoms with E-state index in [1.807, 2.05) is 24.5 Å². The van der Waals surface area contributed by atoms with E-state index in [-0.39, 0.29) is 11.9 Å². The zero-order valence-corrected chi connectivity index (χ0v) is 14.1. The van der Waals surface area contributed by atoms with Gasteiger partial charge in [-0.25, -0.2) is 0 Å². The number of hydrogen-bond donors (Lipinski definition) is 2. The first kappa shape index (κ1) is 16.1. The predicted molar refractivity (Wildman–Crippen MR) is 99.4 cm³/mol. The van der Waals surface area contributed by atoms with Crippen molar-refractivity contribution in [1.29, 1.82) is 0 Å². The number of fused-ring (bicyclic) bond motifs is 1. The number of rotatable bonds is 3. The van der Waals surface area contributed by atoms with E-state index < -0.39 is 0 Å². The maximum Gasteiger partial charge on any atom is 0.115 e. The molecule has 0 unspecified atom stereocenters. The van der Waals surface area contributed by atoms with Crippen LogP contribution in [0.1, 0.15) is 18.4 Å². The summed E-state index contributed by atoms with van der Waals surface area (Å²) in [7, 11) is 0. The Labute approximate surface area is 147 Å². The second-order valence-corrected chi connectivity index (χ2v) is 6.80.